The van der Waals surface area contributed by atoms with Gasteiger partial charge >= 0.3 is 0 Å². The van der Waals surface area contributed by atoms with E-state index in [1.807, 2.05) is 24.0 Å². The predicted molar refractivity (Wildman–Crippen MR) is 72.2 cm³/mol. The van der Waals surface area contributed by atoms with Gasteiger partial charge in [0.05, 0.1) is 17.3 Å². The normalized spacial score (nSPS) is 21.5. The van der Waals surface area contributed by atoms with Gasteiger partial charge in [-0.15, -0.1) is 0 Å². The molecule has 4 heteroatoms. The standard InChI is InChI=1S/C14H25N3O/c1-3-18-14(9-6-4-5-7-10-14)13(15)12-8-11-16-17(12)2/h8,11,13H,3-7,9-10,15H2,1-2H3. The molecule has 2 rings (SSSR count). The third kappa shape index (κ3) is 2.59. The molecule has 1 atom stereocenters. The molecule has 1 unspecified atom stereocenters. The Balaban J connectivity index is 2.25. The Morgan fingerprint density at radius 2 is 2.06 bits per heavy atom. The number of nitrogens with zero attached hydrogens (tertiary/aromatic N) is 2. The maximum atomic E-state index is 6.52. The highest BCUT2D eigenvalue weighted by atomic mass is 16.5. The van der Waals surface area contributed by atoms with Crippen LogP contribution < -0.4 is 5.73 Å². The van der Waals surface area contributed by atoms with Gasteiger partial charge in [0, 0.05) is 19.9 Å². The van der Waals surface area contributed by atoms with Gasteiger partial charge < -0.3 is 10.5 Å². The second kappa shape index (κ2) is 5.85. The molecule has 0 aliphatic heterocycles. The van der Waals surface area contributed by atoms with Crippen molar-refractivity contribution in [3.05, 3.63) is 18.0 Å². The van der Waals surface area contributed by atoms with Crippen LogP contribution in [0.2, 0.25) is 0 Å². The molecule has 4 nitrogen and oxygen atoms in total. The van der Waals surface area contributed by atoms with Crippen molar-refractivity contribution in [3.63, 3.8) is 0 Å². The highest BCUT2D eigenvalue weighted by Gasteiger charge is 2.39. The summed E-state index contributed by atoms with van der Waals surface area (Å²) in [5.74, 6) is 0. The van der Waals surface area contributed by atoms with Crippen molar-refractivity contribution in [1.82, 2.24) is 9.78 Å². The quantitative estimate of drug-likeness (QED) is 0.837. The fourth-order valence-corrected chi connectivity index (χ4v) is 3.12. The van der Waals surface area contributed by atoms with Crippen molar-refractivity contribution >= 4 is 0 Å². The molecule has 0 bridgehead atoms. The van der Waals surface area contributed by atoms with Crippen molar-refractivity contribution in [2.45, 2.75) is 57.1 Å². The van der Waals surface area contributed by atoms with E-state index in [1.165, 1.54) is 25.7 Å². The number of hydrogen-bond donors (Lipinski definition) is 1. The Morgan fingerprint density at radius 3 is 2.56 bits per heavy atom. The number of aromatic nitrogens is 2. The first-order valence-corrected chi connectivity index (χ1v) is 7.07. The van der Waals surface area contributed by atoms with Gasteiger partial charge in [-0.2, -0.15) is 5.10 Å². The van der Waals surface area contributed by atoms with Crippen LogP contribution in [0.4, 0.5) is 0 Å². The van der Waals surface area contributed by atoms with E-state index in [2.05, 4.69) is 12.0 Å². The fraction of sp³-hybridized carbons (Fsp3) is 0.786. The first kappa shape index (κ1) is 13.6. The molecule has 1 aromatic rings. The molecule has 1 saturated carbocycles. The third-order valence-corrected chi connectivity index (χ3v) is 4.13. The lowest BCUT2D eigenvalue weighted by atomic mass is 9.84. The lowest BCUT2D eigenvalue weighted by Gasteiger charge is -2.38. The fourth-order valence-electron chi connectivity index (χ4n) is 3.12. The SMILES string of the molecule is CCOC1(C(N)c2ccnn2C)CCCCCC1. The van der Waals surface area contributed by atoms with Gasteiger partial charge in [0.25, 0.3) is 0 Å². The van der Waals surface area contributed by atoms with Crippen molar-refractivity contribution in [2.24, 2.45) is 12.8 Å². The van der Waals surface area contributed by atoms with Gasteiger partial charge in [-0.3, -0.25) is 4.68 Å². The Bertz CT molecular complexity index is 367. The number of nitrogens with two attached hydrogens (primary N) is 1. The highest BCUT2D eigenvalue weighted by Crippen LogP contribution is 2.39. The van der Waals surface area contributed by atoms with E-state index < -0.39 is 0 Å². The van der Waals surface area contributed by atoms with Crippen LogP contribution in [-0.4, -0.2) is 22.0 Å². The van der Waals surface area contributed by atoms with Crippen molar-refractivity contribution in [2.75, 3.05) is 6.61 Å². The zero-order chi connectivity index (χ0) is 13.0. The van der Waals surface area contributed by atoms with Gasteiger partial charge in [0.15, 0.2) is 0 Å². The molecule has 0 spiro atoms. The van der Waals surface area contributed by atoms with Crippen LogP contribution in [0.25, 0.3) is 0 Å². The summed E-state index contributed by atoms with van der Waals surface area (Å²) in [5, 5.41) is 4.23. The predicted octanol–water partition coefficient (Wildman–Crippen LogP) is 2.55. The topological polar surface area (TPSA) is 53.1 Å². The smallest absolute Gasteiger partial charge is 0.0889 e. The van der Waals surface area contributed by atoms with Crippen molar-refractivity contribution in [3.8, 4) is 0 Å². The van der Waals surface area contributed by atoms with E-state index in [0.29, 0.717) is 0 Å². The number of rotatable bonds is 4. The van der Waals surface area contributed by atoms with Crippen LogP contribution in [0.5, 0.6) is 0 Å². The largest absolute Gasteiger partial charge is 0.373 e. The molecule has 0 radical (unpaired) electrons. The lowest BCUT2D eigenvalue weighted by molar-refractivity contribution is -0.0710. The molecule has 18 heavy (non-hydrogen) atoms. The summed E-state index contributed by atoms with van der Waals surface area (Å²) < 4.78 is 8.00. The summed E-state index contributed by atoms with van der Waals surface area (Å²) in [4.78, 5) is 0. The van der Waals surface area contributed by atoms with Crippen LogP contribution >= 0.6 is 0 Å². The molecule has 1 fully saturated rings. The number of ether oxygens (including phenoxy) is 1. The number of aryl methyl sites for hydroxylation is 1. The van der Waals surface area contributed by atoms with E-state index in [1.54, 1.807) is 0 Å². The first-order valence-electron chi connectivity index (χ1n) is 7.07. The maximum absolute atomic E-state index is 6.52. The van der Waals surface area contributed by atoms with Gasteiger partial charge in [0.1, 0.15) is 0 Å². The van der Waals surface area contributed by atoms with Crippen molar-refractivity contribution in [1.29, 1.82) is 0 Å². The van der Waals surface area contributed by atoms with Gasteiger partial charge in [-0.05, 0) is 25.8 Å². The molecule has 0 saturated heterocycles. The van der Waals surface area contributed by atoms with Gasteiger partial charge in [-0.25, -0.2) is 0 Å². The van der Waals surface area contributed by atoms with Crippen molar-refractivity contribution < 1.29 is 4.74 Å². The van der Waals surface area contributed by atoms with Gasteiger partial charge in [0.2, 0.25) is 0 Å². The third-order valence-electron chi connectivity index (χ3n) is 4.13. The average Bonchev–Trinajstić information content (AvgIpc) is 2.64. The summed E-state index contributed by atoms with van der Waals surface area (Å²) in [7, 11) is 1.95. The summed E-state index contributed by atoms with van der Waals surface area (Å²) in [6.45, 7) is 2.79. The minimum absolute atomic E-state index is 0.0805. The van der Waals surface area contributed by atoms with Crippen LogP contribution in [0, 0.1) is 0 Å². The zero-order valence-corrected chi connectivity index (χ0v) is 11.6. The number of hydrogen-bond acceptors (Lipinski definition) is 3. The summed E-state index contributed by atoms with van der Waals surface area (Å²) in [5.41, 5.74) is 7.40. The average molecular weight is 251 g/mol. The maximum Gasteiger partial charge on any atom is 0.0889 e. The van der Waals surface area contributed by atoms with Crippen LogP contribution in [-0.2, 0) is 11.8 Å². The van der Waals surface area contributed by atoms with Crippen LogP contribution in [0.15, 0.2) is 12.3 Å². The van der Waals surface area contributed by atoms with Crippen LogP contribution in [0.3, 0.4) is 0 Å². The molecule has 1 aliphatic rings. The van der Waals surface area contributed by atoms with Gasteiger partial charge in [-0.1, -0.05) is 25.7 Å². The molecular formula is C14H25N3O. The minimum atomic E-state index is -0.195. The second-order valence-corrected chi connectivity index (χ2v) is 5.27. The Kier molecular flexibility index (Phi) is 4.40. The van der Waals surface area contributed by atoms with E-state index in [0.717, 1.165) is 25.1 Å². The lowest BCUT2D eigenvalue weighted by Crippen LogP contribution is -2.44. The molecule has 1 aromatic heterocycles. The molecule has 102 valence electrons. The van der Waals surface area contributed by atoms with E-state index in [4.69, 9.17) is 10.5 Å². The molecular weight excluding hydrogens is 226 g/mol. The molecule has 1 heterocycles. The minimum Gasteiger partial charge on any atom is -0.373 e. The molecule has 0 amide bonds. The Hall–Kier alpha value is -0.870. The molecule has 2 N–H and O–H groups in total. The summed E-state index contributed by atoms with van der Waals surface area (Å²) in [6, 6.07) is 1.93. The molecule has 1 aliphatic carbocycles. The summed E-state index contributed by atoms with van der Waals surface area (Å²) >= 11 is 0. The highest BCUT2D eigenvalue weighted by molar-refractivity contribution is 5.12. The monoisotopic (exact) mass is 251 g/mol. The van der Waals surface area contributed by atoms with Crippen LogP contribution in [0.1, 0.15) is 57.2 Å². The van der Waals surface area contributed by atoms with E-state index in [-0.39, 0.29) is 11.6 Å². The van der Waals surface area contributed by atoms with E-state index in [9.17, 15) is 0 Å². The summed E-state index contributed by atoms with van der Waals surface area (Å²) in [6.07, 6.45) is 8.96. The Labute approximate surface area is 110 Å². The molecule has 0 aromatic carbocycles. The van der Waals surface area contributed by atoms with E-state index >= 15 is 0 Å². The second-order valence-electron chi connectivity index (χ2n) is 5.27. The first-order chi connectivity index (χ1) is 8.69. The zero-order valence-electron chi connectivity index (χ0n) is 11.6. The Morgan fingerprint density at radius 1 is 1.39 bits per heavy atom.